The molecule has 1 atom stereocenters. The number of benzene rings is 1. The predicted octanol–water partition coefficient (Wildman–Crippen LogP) is 3.48. The third kappa shape index (κ3) is 10.8. The van der Waals surface area contributed by atoms with Crippen LogP contribution in [-0.4, -0.2) is 89.3 Å². The van der Waals surface area contributed by atoms with E-state index in [9.17, 15) is 14.7 Å². The third-order valence-electron chi connectivity index (χ3n) is 6.11. The summed E-state index contributed by atoms with van der Waals surface area (Å²) < 4.78 is 10.7. The number of aliphatic hydroxyl groups is 1. The molecule has 1 fully saturated rings. The van der Waals surface area contributed by atoms with E-state index in [2.05, 4.69) is 25.8 Å². The van der Waals surface area contributed by atoms with Gasteiger partial charge >= 0.3 is 6.09 Å². The zero-order valence-corrected chi connectivity index (χ0v) is 24.3. The minimum absolute atomic E-state index is 0.119. The molecule has 11 nitrogen and oxygen atoms in total. The normalized spacial score (nSPS) is 15.2. The molecule has 11 heteroatoms. The van der Waals surface area contributed by atoms with Crippen LogP contribution in [0.2, 0.25) is 0 Å². The van der Waals surface area contributed by atoms with E-state index in [1.165, 1.54) is 0 Å². The lowest BCUT2D eigenvalue weighted by molar-refractivity contribution is -0.0364. The molecule has 0 aliphatic carbocycles. The highest BCUT2D eigenvalue weighted by Crippen LogP contribution is 2.23. The van der Waals surface area contributed by atoms with E-state index in [0.29, 0.717) is 24.5 Å². The number of para-hydroxylation sites is 2. The molecule has 0 radical (unpaired) electrons. The number of hydrogen-bond acceptors (Lipinski definition) is 9. The largest absolute Gasteiger partial charge is 0.444 e. The fourth-order valence-electron chi connectivity index (χ4n) is 4.20. The average molecular weight is 557 g/mol. The van der Waals surface area contributed by atoms with Crippen LogP contribution >= 0.6 is 0 Å². The molecule has 1 aromatic heterocycles. The molecule has 2 heterocycles. The topological polar surface area (TPSA) is 128 Å². The van der Waals surface area contributed by atoms with E-state index in [1.807, 2.05) is 24.8 Å². The number of pyridine rings is 1. The molecular formula is C29H44N6O5. The van der Waals surface area contributed by atoms with Crippen LogP contribution in [0.15, 0.2) is 42.6 Å². The van der Waals surface area contributed by atoms with Gasteiger partial charge < -0.3 is 19.9 Å². The first-order valence-corrected chi connectivity index (χ1v) is 13.8. The summed E-state index contributed by atoms with van der Waals surface area (Å²) in [5.41, 5.74) is 1.31. The van der Waals surface area contributed by atoms with Crippen LogP contribution in [0.25, 0.3) is 0 Å². The quantitative estimate of drug-likeness (QED) is 0.291. The highest BCUT2D eigenvalue weighted by atomic mass is 16.6. The number of nitrogens with one attached hydrogen (secondary N) is 3. The molecule has 2 aromatic rings. The molecule has 0 spiro atoms. The number of anilines is 2. The van der Waals surface area contributed by atoms with E-state index < -0.39 is 24.0 Å². The van der Waals surface area contributed by atoms with Crippen LogP contribution in [-0.2, 0) is 16.0 Å². The van der Waals surface area contributed by atoms with Gasteiger partial charge in [0.25, 0.3) is 5.91 Å². The number of aliphatic hydroxyl groups excluding tert-OH is 1. The van der Waals surface area contributed by atoms with Crippen molar-refractivity contribution in [1.82, 2.24) is 20.1 Å². The van der Waals surface area contributed by atoms with Crippen molar-refractivity contribution in [3.8, 4) is 0 Å². The Hall–Kier alpha value is -3.09. The van der Waals surface area contributed by atoms with Crippen molar-refractivity contribution in [2.24, 2.45) is 0 Å². The van der Waals surface area contributed by atoms with Crippen molar-refractivity contribution in [3.63, 3.8) is 0 Å². The fourth-order valence-corrected chi connectivity index (χ4v) is 4.20. The number of hydrogen-bond donors (Lipinski definition) is 4. The van der Waals surface area contributed by atoms with Gasteiger partial charge in [-0.3, -0.25) is 30.2 Å². The Balaban J connectivity index is 1.60. The zero-order valence-electron chi connectivity index (χ0n) is 24.3. The standard InChI is InChI=1S/C29H44N6O5/c1-21(2)31-27(37)35(14-8-13-34-15-17-39-18-16-34)20-22-11-12-25(30-19-22)26(36)32-23-9-6-7-10-24(23)33-28(38)40-29(3,4)5/h6-7,9-12,19,21,27,31,37H,8,13-18,20H2,1-5H3,(H,32,36)(H,33,38). The van der Waals surface area contributed by atoms with Gasteiger partial charge in [0.2, 0.25) is 0 Å². The molecule has 220 valence electrons. The maximum absolute atomic E-state index is 12.9. The maximum Gasteiger partial charge on any atom is 0.412 e. The molecule has 1 saturated heterocycles. The van der Waals surface area contributed by atoms with Crippen LogP contribution in [0.1, 0.15) is 57.1 Å². The van der Waals surface area contributed by atoms with Gasteiger partial charge in [0.15, 0.2) is 6.35 Å². The molecule has 0 saturated carbocycles. The second-order valence-electron chi connectivity index (χ2n) is 11.2. The first-order valence-electron chi connectivity index (χ1n) is 13.8. The molecule has 40 heavy (non-hydrogen) atoms. The van der Waals surface area contributed by atoms with Gasteiger partial charge in [0, 0.05) is 38.4 Å². The summed E-state index contributed by atoms with van der Waals surface area (Å²) in [6, 6.07) is 10.5. The van der Waals surface area contributed by atoms with E-state index in [1.54, 1.807) is 57.3 Å². The molecule has 1 unspecified atom stereocenters. The lowest BCUT2D eigenvalue weighted by Gasteiger charge is -2.31. The summed E-state index contributed by atoms with van der Waals surface area (Å²) in [5.74, 6) is -0.408. The summed E-state index contributed by atoms with van der Waals surface area (Å²) in [6.07, 6.45) is 1.14. The number of rotatable bonds is 12. The lowest BCUT2D eigenvalue weighted by Crippen LogP contribution is -2.49. The molecule has 2 amide bonds. The first kappa shape index (κ1) is 31.4. The number of ether oxygens (including phenoxy) is 2. The minimum Gasteiger partial charge on any atom is -0.444 e. The highest BCUT2D eigenvalue weighted by molar-refractivity contribution is 6.05. The number of amides is 2. The number of carbonyl (C=O) groups is 2. The van der Waals surface area contributed by atoms with Crippen LogP contribution in [0.3, 0.4) is 0 Å². The second kappa shape index (κ2) is 15.1. The SMILES string of the molecule is CC(C)NC(O)N(CCCN1CCOCC1)Cc1ccc(C(=O)Nc2ccccc2NC(=O)OC(C)(C)C)nc1. The Morgan fingerprint density at radius 3 is 2.38 bits per heavy atom. The second-order valence-corrected chi connectivity index (χ2v) is 11.2. The highest BCUT2D eigenvalue weighted by Gasteiger charge is 2.20. The van der Waals surface area contributed by atoms with Crippen molar-refractivity contribution in [2.75, 3.05) is 50.0 Å². The summed E-state index contributed by atoms with van der Waals surface area (Å²) in [4.78, 5) is 33.9. The van der Waals surface area contributed by atoms with E-state index in [0.717, 1.165) is 44.8 Å². The van der Waals surface area contributed by atoms with Crippen molar-refractivity contribution in [1.29, 1.82) is 0 Å². The maximum atomic E-state index is 12.9. The van der Waals surface area contributed by atoms with Gasteiger partial charge in [-0.15, -0.1) is 0 Å². The fraction of sp³-hybridized carbons (Fsp3) is 0.552. The number of carbonyl (C=O) groups excluding carboxylic acids is 2. The Kier molecular flexibility index (Phi) is 11.8. The Morgan fingerprint density at radius 1 is 1.10 bits per heavy atom. The minimum atomic E-state index is -0.804. The molecular weight excluding hydrogens is 512 g/mol. The Labute approximate surface area is 237 Å². The van der Waals surface area contributed by atoms with E-state index >= 15 is 0 Å². The molecule has 1 aliphatic heterocycles. The smallest absolute Gasteiger partial charge is 0.412 e. The van der Waals surface area contributed by atoms with E-state index in [-0.39, 0.29) is 11.7 Å². The summed E-state index contributed by atoms with van der Waals surface area (Å²) >= 11 is 0. The number of nitrogens with zero attached hydrogens (tertiary/aromatic N) is 3. The Bertz CT molecular complexity index is 1080. The van der Waals surface area contributed by atoms with Crippen molar-refractivity contribution in [2.45, 2.75) is 65.6 Å². The predicted molar refractivity (Wildman–Crippen MR) is 155 cm³/mol. The van der Waals surface area contributed by atoms with Gasteiger partial charge in [-0.25, -0.2) is 4.79 Å². The van der Waals surface area contributed by atoms with Crippen LogP contribution in [0.4, 0.5) is 16.2 Å². The summed E-state index contributed by atoms with van der Waals surface area (Å²) in [7, 11) is 0. The van der Waals surface area contributed by atoms with Gasteiger partial charge in [-0.05, 0) is 71.3 Å². The van der Waals surface area contributed by atoms with Crippen LogP contribution in [0.5, 0.6) is 0 Å². The third-order valence-corrected chi connectivity index (χ3v) is 6.11. The lowest BCUT2D eigenvalue weighted by atomic mass is 10.2. The van der Waals surface area contributed by atoms with Crippen molar-refractivity contribution < 1.29 is 24.2 Å². The van der Waals surface area contributed by atoms with E-state index in [4.69, 9.17) is 9.47 Å². The number of aromatic nitrogens is 1. The van der Waals surface area contributed by atoms with Gasteiger partial charge in [-0.1, -0.05) is 18.2 Å². The van der Waals surface area contributed by atoms with Gasteiger partial charge in [-0.2, -0.15) is 0 Å². The zero-order chi connectivity index (χ0) is 29.1. The molecule has 4 N–H and O–H groups in total. The van der Waals surface area contributed by atoms with Crippen molar-refractivity contribution >= 4 is 23.4 Å². The first-order chi connectivity index (χ1) is 19.0. The Morgan fingerprint density at radius 2 is 1.77 bits per heavy atom. The number of morpholine rings is 1. The molecule has 1 aromatic carbocycles. The van der Waals surface area contributed by atoms with Crippen molar-refractivity contribution in [3.05, 3.63) is 53.9 Å². The summed E-state index contributed by atoms with van der Waals surface area (Å²) in [5, 5.41) is 19.4. The molecule has 3 rings (SSSR count). The van der Waals surface area contributed by atoms with Gasteiger partial charge in [0.05, 0.1) is 24.6 Å². The van der Waals surface area contributed by atoms with Crippen LogP contribution < -0.4 is 16.0 Å². The van der Waals surface area contributed by atoms with Crippen LogP contribution in [0, 0.1) is 0 Å². The average Bonchev–Trinajstić information content (AvgIpc) is 2.88. The summed E-state index contributed by atoms with van der Waals surface area (Å²) in [6.45, 7) is 14.8. The van der Waals surface area contributed by atoms with Gasteiger partial charge in [0.1, 0.15) is 11.3 Å². The monoisotopic (exact) mass is 556 g/mol. The molecule has 0 bridgehead atoms. The molecule has 1 aliphatic rings.